The molecular formula is C23H29N7O4. The number of carbonyl (C=O) groups is 1. The van der Waals surface area contributed by atoms with Gasteiger partial charge >= 0.3 is 11.7 Å². The second-order valence-electron chi connectivity index (χ2n) is 8.58. The number of H-pyrrole nitrogens is 1. The van der Waals surface area contributed by atoms with Crippen molar-refractivity contribution in [2.24, 2.45) is 5.73 Å². The van der Waals surface area contributed by atoms with Crippen LogP contribution in [0.3, 0.4) is 0 Å². The fraction of sp³-hybridized carbons (Fsp3) is 0.435. The number of aromatic amines is 1. The quantitative estimate of drug-likeness (QED) is 0.415. The highest BCUT2D eigenvalue weighted by molar-refractivity contribution is 5.94. The first kappa shape index (κ1) is 22.2. The van der Waals surface area contributed by atoms with Crippen LogP contribution in [0.2, 0.25) is 0 Å². The maximum atomic E-state index is 12.2. The van der Waals surface area contributed by atoms with Crippen LogP contribution in [0.25, 0.3) is 11.2 Å². The molecule has 3 aromatic rings. The molecule has 1 aromatic carbocycles. The van der Waals surface area contributed by atoms with Crippen molar-refractivity contribution in [1.29, 1.82) is 0 Å². The first-order valence-electron chi connectivity index (χ1n) is 11.5. The SMILES string of the molecule is CNc1cc(Nc2cc(COC3CCC3)cc(N3CCOCC3)c2)nc2c1[nH]c(=O)n2C(N)=O. The Morgan fingerprint density at radius 1 is 1.26 bits per heavy atom. The third kappa shape index (κ3) is 4.44. The van der Waals surface area contributed by atoms with E-state index in [2.05, 4.69) is 37.6 Å². The summed E-state index contributed by atoms with van der Waals surface area (Å²) in [5.74, 6) is 0.468. The molecule has 3 heterocycles. The summed E-state index contributed by atoms with van der Waals surface area (Å²) in [7, 11) is 1.73. The predicted octanol–water partition coefficient (Wildman–Crippen LogP) is 2.34. The lowest BCUT2D eigenvalue weighted by atomic mass is 9.96. The van der Waals surface area contributed by atoms with Gasteiger partial charge in [0.2, 0.25) is 0 Å². The highest BCUT2D eigenvalue weighted by atomic mass is 16.5. The summed E-state index contributed by atoms with van der Waals surface area (Å²) in [5.41, 5.74) is 8.92. The second kappa shape index (κ2) is 9.35. The molecule has 0 bridgehead atoms. The number of hydrogen-bond donors (Lipinski definition) is 4. The van der Waals surface area contributed by atoms with Gasteiger partial charge in [-0.3, -0.25) is 0 Å². The van der Waals surface area contributed by atoms with Gasteiger partial charge in [0, 0.05) is 37.6 Å². The number of nitrogens with one attached hydrogen (secondary N) is 3. The van der Waals surface area contributed by atoms with Gasteiger partial charge in [-0.1, -0.05) is 0 Å². The van der Waals surface area contributed by atoms with Crippen LogP contribution in [-0.4, -0.2) is 60.0 Å². The average molecular weight is 468 g/mol. The van der Waals surface area contributed by atoms with Gasteiger partial charge in [0.1, 0.15) is 11.3 Å². The van der Waals surface area contributed by atoms with Gasteiger partial charge in [-0.05, 0) is 43.0 Å². The second-order valence-corrected chi connectivity index (χ2v) is 8.58. The lowest BCUT2D eigenvalue weighted by molar-refractivity contribution is -0.00863. The number of aromatic nitrogens is 3. The third-order valence-corrected chi connectivity index (χ3v) is 6.30. The van der Waals surface area contributed by atoms with Gasteiger partial charge in [-0.25, -0.2) is 14.6 Å². The van der Waals surface area contributed by atoms with Crippen molar-refractivity contribution in [2.75, 3.05) is 48.9 Å². The van der Waals surface area contributed by atoms with Crippen LogP contribution >= 0.6 is 0 Å². The maximum absolute atomic E-state index is 12.2. The zero-order valence-corrected chi connectivity index (χ0v) is 19.1. The van der Waals surface area contributed by atoms with Crippen molar-refractivity contribution >= 4 is 40.1 Å². The summed E-state index contributed by atoms with van der Waals surface area (Å²) in [4.78, 5) is 33.5. The predicted molar refractivity (Wildman–Crippen MR) is 130 cm³/mol. The van der Waals surface area contributed by atoms with E-state index in [0.29, 0.717) is 42.9 Å². The summed E-state index contributed by atoms with van der Waals surface area (Å²) >= 11 is 0. The molecule has 2 aliphatic rings. The monoisotopic (exact) mass is 467 g/mol. The molecule has 0 spiro atoms. The number of hydrogen-bond acceptors (Lipinski definition) is 8. The lowest BCUT2D eigenvalue weighted by Crippen LogP contribution is -2.36. The van der Waals surface area contributed by atoms with Crippen LogP contribution in [-0.2, 0) is 16.1 Å². The molecule has 0 atom stereocenters. The molecule has 2 aromatic heterocycles. The highest BCUT2D eigenvalue weighted by Crippen LogP contribution is 2.30. The molecule has 1 aliphatic carbocycles. The topological polar surface area (TPSA) is 140 Å². The number of nitrogens with two attached hydrogens (primary N) is 1. The smallest absolute Gasteiger partial charge is 0.336 e. The Morgan fingerprint density at radius 3 is 2.74 bits per heavy atom. The van der Waals surface area contributed by atoms with E-state index in [-0.39, 0.29) is 5.65 Å². The Hall–Kier alpha value is -3.57. The number of ether oxygens (including phenoxy) is 2. The minimum Gasteiger partial charge on any atom is -0.386 e. The number of carbonyl (C=O) groups excluding carboxylic acids is 1. The zero-order chi connectivity index (χ0) is 23.7. The largest absolute Gasteiger partial charge is 0.386 e. The molecule has 1 aliphatic heterocycles. The van der Waals surface area contributed by atoms with Crippen molar-refractivity contribution in [3.05, 3.63) is 40.3 Å². The normalized spacial score (nSPS) is 16.4. The molecule has 5 N–H and O–H groups in total. The van der Waals surface area contributed by atoms with E-state index in [9.17, 15) is 9.59 Å². The van der Waals surface area contributed by atoms with Gasteiger partial charge in [-0.15, -0.1) is 0 Å². The van der Waals surface area contributed by atoms with Crippen LogP contribution in [0, 0.1) is 0 Å². The van der Waals surface area contributed by atoms with E-state index < -0.39 is 11.7 Å². The van der Waals surface area contributed by atoms with E-state index in [1.54, 1.807) is 13.1 Å². The minimum atomic E-state index is -0.896. The van der Waals surface area contributed by atoms with Crippen molar-refractivity contribution in [3.63, 3.8) is 0 Å². The average Bonchev–Trinajstić information content (AvgIpc) is 3.14. The minimum absolute atomic E-state index is 0.157. The molecule has 34 heavy (non-hydrogen) atoms. The molecule has 1 saturated carbocycles. The van der Waals surface area contributed by atoms with Crippen LogP contribution in [0.15, 0.2) is 29.1 Å². The molecular weight excluding hydrogens is 438 g/mol. The Morgan fingerprint density at radius 2 is 2.06 bits per heavy atom. The number of benzene rings is 1. The molecule has 1 saturated heterocycles. The number of nitrogens with zero attached hydrogens (tertiary/aromatic N) is 3. The Balaban J connectivity index is 1.50. The maximum Gasteiger partial charge on any atom is 0.336 e. The Bertz CT molecular complexity index is 1260. The highest BCUT2D eigenvalue weighted by Gasteiger charge is 2.20. The fourth-order valence-corrected chi connectivity index (χ4v) is 4.27. The zero-order valence-electron chi connectivity index (χ0n) is 19.1. The number of rotatable bonds is 7. The molecule has 11 heteroatoms. The van der Waals surface area contributed by atoms with Gasteiger partial charge in [-0.2, -0.15) is 4.57 Å². The van der Waals surface area contributed by atoms with Gasteiger partial charge < -0.3 is 35.7 Å². The number of pyridine rings is 1. The summed E-state index contributed by atoms with van der Waals surface area (Å²) in [6.07, 6.45) is 3.79. The summed E-state index contributed by atoms with van der Waals surface area (Å²) < 4.78 is 12.4. The Kier molecular flexibility index (Phi) is 6.12. The molecule has 180 valence electrons. The first-order valence-corrected chi connectivity index (χ1v) is 11.5. The van der Waals surface area contributed by atoms with Crippen LogP contribution < -0.4 is 27.0 Å². The number of anilines is 4. The summed E-state index contributed by atoms with van der Waals surface area (Å²) in [5, 5.41) is 6.37. The Labute approximate surface area is 196 Å². The summed E-state index contributed by atoms with van der Waals surface area (Å²) in [6, 6.07) is 7.12. The van der Waals surface area contributed by atoms with E-state index in [1.165, 1.54) is 6.42 Å². The standard InChI is InChI=1S/C23H29N7O4/c1-25-18-12-19(27-21-20(18)28-23(32)30(21)22(24)31)26-15-9-14(13-34-17-3-2-4-17)10-16(11-15)29-5-7-33-8-6-29/h9-12,17H,2-8,13H2,1H3,(H2,24,31)(H,28,32)(H2,25,26,27). The number of imidazole rings is 1. The van der Waals surface area contributed by atoms with E-state index in [1.807, 2.05) is 6.07 Å². The summed E-state index contributed by atoms with van der Waals surface area (Å²) in [6.45, 7) is 3.54. The number of fused-ring (bicyclic) bond motifs is 1. The van der Waals surface area contributed by atoms with Gasteiger partial charge in [0.15, 0.2) is 5.65 Å². The number of morpholine rings is 1. The van der Waals surface area contributed by atoms with Gasteiger partial charge in [0.05, 0.1) is 31.6 Å². The van der Waals surface area contributed by atoms with Crippen molar-refractivity contribution in [2.45, 2.75) is 32.0 Å². The van der Waals surface area contributed by atoms with E-state index >= 15 is 0 Å². The number of primary amides is 1. The van der Waals surface area contributed by atoms with Crippen molar-refractivity contribution in [1.82, 2.24) is 14.5 Å². The third-order valence-electron chi connectivity index (χ3n) is 6.30. The molecule has 0 unspecified atom stereocenters. The van der Waals surface area contributed by atoms with Crippen LogP contribution in [0.1, 0.15) is 24.8 Å². The number of amides is 1. The molecule has 5 rings (SSSR count). The van der Waals surface area contributed by atoms with Crippen LogP contribution in [0.5, 0.6) is 0 Å². The molecule has 2 fully saturated rings. The van der Waals surface area contributed by atoms with E-state index in [4.69, 9.17) is 15.2 Å². The first-order chi connectivity index (χ1) is 16.5. The fourth-order valence-electron chi connectivity index (χ4n) is 4.27. The van der Waals surface area contributed by atoms with E-state index in [0.717, 1.165) is 47.4 Å². The van der Waals surface area contributed by atoms with Crippen molar-refractivity contribution in [3.8, 4) is 0 Å². The van der Waals surface area contributed by atoms with Crippen LogP contribution in [0.4, 0.5) is 27.7 Å². The molecule has 1 amide bonds. The molecule has 11 nitrogen and oxygen atoms in total. The van der Waals surface area contributed by atoms with Crippen molar-refractivity contribution < 1.29 is 14.3 Å². The molecule has 0 radical (unpaired) electrons. The lowest BCUT2D eigenvalue weighted by Gasteiger charge is -2.30. The van der Waals surface area contributed by atoms with Gasteiger partial charge in [0.25, 0.3) is 0 Å².